The van der Waals surface area contributed by atoms with E-state index in [1.54, 1.807) is 18.9 Å². The molecule has 2 aromatic carbocycles. The van der Waals surface area contributed by atoms with E-state index in [1.165, 1.54) is 0 Å². The maximum absolute atomic E-state index is 12.8. The van der Waals surface area contributed by atoms with Crippen LogP contribution < -0.4 is 4.74 Å². The summed E-state index contributed by atoms with van der Waals surface area (Å²) in [6.07, 6.45) is 0. The zero-order chi connectivity index (χ0) is 14.2. The van der Waals surface area contributed by atoms with Gasteiger partial charge < -0.3 is 4.74 Å². The number of carbonyl (C=O) groups is 1. The van der Waals surface area contributed by atoms with Gasteiger partial charge in [0.1, 0.15) is 5.75 Å². The van der Waals surface area contributed by atoms with Crippen LogP contribution in [-0.2, 0) is 5.41 Å². The molecule has 1 unspecified atom stereocenters. The summed E-state index contributed by atoms with van der Waals surface area (Å²) < 4.78 is 5.18. The van der Waals surface area contributed by atoms with Crippen LogP contribution in [-0.4, -0.2) is 18.6 Å². The summed E-state index contributed by atoms with van der Waals surface area (Å²) >= 11 is 1.75. The molecule has 0 saturated carbocycles. The lowest BCUT2D eigenvalue weighted by atomic mass is 9.77. The van der Waals surface area contributed by atoms with Crippen molar-refractivity contribution in [3.8, 4) is 5.75 Å². The first-order chi connectivity index (χ1) is 9.65. The Kier molecular flexibility index (Phi) is 3.30. The Labute approximate surface area is 123 Å². The Balaban J connectivity index is 2.02. The molecule has 2 aromatic rings. The molecule has 102 valence electrons. The highest BCUT2D eigenvalue weighted by atomic mass is 32.2. The van der Waals surface area contributed by atoms with E-state index in [4.69, 9.17) is 4.74 Å². The SMILES string of the molecule is COc1ccc(C2(C)CSc3ccccc3C2=O)cc1. The number of ether oxygens (including phenoxy) is 1. The summed E-state index contributed by atoms with van der Waals surface area (Å²) in [6, 6.07) is 15.7. The van der Waals surface area contributed by atoms with Gasteiger partial charge in [-0.2, -0.15) is 0 Å². The van der Waals surface area contributed by atoms with Gasteiger partial charge in [0.15, 0.2) is 5.78 Å². The molecule has 20 heavy (non-hydrogen) atoms. The largest absolute Gasteiger partial charge is 0.497 e. The molecule has 2 nitrogen and oxygen atoms in total. The summed E-state index contributed by atoms with van der Waals surface area (Å²) in [6.45, 7) is 2.03. The molecular formula is C17H16O2S. The zero-order valence-electron chi connectivity index (χ0n) is 11.6. The van der Waals surface area contributed by atoms with Gasteiger partial charge in [-0.1, -0.05) is 30.3 Å². The van der Waals surface area contributed by atoms with Crippen LogP contribution in [0.5, 0.6) is 5.75 Å². The van der Waals surface area contributed by atoms with Gasteiger partial charge in [-0.15, -0.1) is 11.8 Å². The molecule has 0 bridgehead atoms. The van der Waals surface area contributed by atoms with Gasteiger partial charge in [0, 0.05) is 16.2 Å². The Hall–Kier alpha value is -1.74. The number of methoxy groups -OCH3 is 1. The maximum Gasteiger partial charge on any atom is 0.175 e. The van der Waals surface area contributed by atoms with E-state index in [1.807, 2.05) is 55.5 Å². The van der Waals surface area contributed by atoms with Gasteiger partial charge in [0.25, 0.3) is 0 Å². The van der Waals surface area contributed by atoms with Crippen molar-refractivity contribution in [1.29, 1.82) is 0 Å². The summed E-state index contributed by atoms with van der Waals surface area (Å²) in [4.78, 5) is 13.9. The minimum atomic E-state index is -0.467. The average molecular weight is 284 g/mol. The third kappa shape index (κ3) is 2.02. The lowest BCUT2D eigenvalue weighted by Crippen LogP contribution is -2.38. The van der Waals surface area contributed by atoms with Crippen LogP contribution in [0.25, 0.3) is 0 Å². The minimum absolute atomic E-state index is 0.206. The summed E-state index contributed by atoms with van der Waals surface area (Å²) in [5.41, 5.74) is 1.41. The van der Waals surface area contributed by atoms with Crippen LogP contribution in [0.4, 0.5) is 0 Å². The fourth-order valence-electron chi connectivity index (χ4n) is 2.54. The first-order valence-corrected chi connectivity index (χ1v) is 7.55. The van der Waals surface area contributed by atoms with Crippen LogP contribution in [0.15, 0.2) is 53.4 Å². The third-order valence-corrected chi connectivity index (χ3v) is 5.27. The molecule has 1 aliphatic rings. The molecule has 0 aromatic heterocycles. The molecule has 3 heteroatoms. The van der Waals surface area contributed by atoms with Crippen molar-refractivity contribution in [1.82, 2.24) is 0 Å². The number of thioether (sulfide) groups is 1. The molecule has 1 atom stereocenters. The highest BCUT2D eigenvalue weighted by Gasteiger charge is 2.40. The van der Waals surface area contributed by atoms with Crippen molar-refractivity contribution in [3.05, 3.63) is 59.7 Å². The topological polar surface area (TPSA) is 26.3 Å². The van der Waals surface area contributed by atoms with Crippen LogP contribution >= 0.6 is 11.8 Å². The van der Waals surface area contributed by atoms with Gasteiger partial charge in [-0.25, -0.2) is 0 Å². The number of hydrogen-bond acceptors (Lipinski definition) is 3. The number of benzene rings is 2. The first kappa shape index (κ1) is 13.3. The second-order valence-corrected chi connectivity index (χ2v) is 6.19. The van der Waals surface area contributed by atoms with E-state index < -0.39 is 5.41 Å². The number of Topliss-reactive ketones (excluding diaryl/α,β-unsaturated/α-hetero) is 1. The summed E-state index contributed by atoms with van der Waals surface area (Å²) in [5.74, 6) is 1.79. The van der Waals surface area contributed by atoms with Crippen molar-refractivity contribution < 1.29 is 9.53 Å². The molecule has 0 N–H and O–H groups in total. The molecule has 0 spiro atoms. The molecule has 3 rings (SSSR count). The highest BCUT2D eigenvalue weighted by molar-refractivity contribution is 7.99. The van der Waals surface area contributed by atoms with Crippen LogP contribution in [0.3, 0.4) is 0 Å². The average Bonchev–Trinajstić information content (AvgIpc) is 2.51. The monoisotopic (exact) mass is 284 g/mol. The Bertz CT molecular complexity index is 648. The molecule has 0 fully saturated rings. The smallest absolute Gasteiger partial charge is 0.175 e. The molecule has 1 heterocycles. The first-order valence-electron chi connectivity index (χ1n) is 6.56. The predicted octanol–water partition coefficient (Wildman–Crippen LogP) is 3.94. The summed E-state index contributed by atoms with van der Waals surface area (Å²) in [5, 5.41) is 0. The fourth-order valence-corrected chi connectivity index (χ4v) is 3.77. The number of rotatable bonds is 2. The van der Waals surface area contributed by atoms with Crippen molar-refractivity contribution >= 4 is 17.5 Å². The Morgan fingerprint density at radius 1 is 1.10 bits per heavy atom. The zero-order valence-corrected chi connectivity index (χ0v) is 12.4. The highest BCUT2D eigenvalue weighted by Crippen LogP contribution is 2.41. The molecule has 0 amide bonds. The van der Waals surface area contributed by atoms with Crippen LogP contribution in [0, 0.1) is 0 Å². The number of ketones is 1. The normalized spacial score (nSPS) is 21.4. The lowest BCUT2D eigenvalue weighted by molar-refractivity contribution is 0.0906. The van der Waals surface area contributed by atoms with Gasteiger partial charge in [-0.05, 0) is 30.7 Å². The molecule has 0 radical (unpaired) electrons. The maximum atomic E-state index is 12.8. The molecule has 0 saturated heterocycles. The standard InChI is InChI=1S/C17H16O2S/c1-17(12-7-9-13(19-2)10-8-12)11-20-15-6-4-3-5-14(15)16(17)18/h3-10H,11H2,1-2H3. The summed E-state index contributed by atoms with van der Waals surface area (Å²) in [7, 11) is 1.65. The fraction of sp³-hybridized carbons (Fsp3) is 0.235. The Morgan fingerprint density at radius 3 is 2.50 bits per heavy atom. The van der Waals surface area contributed by atoms with E-state index in [2.05, 4.69) is 0 Å². The van der Waals surface area contributed by atoms with Crippen LogP contribution in [0.2, 0.25) is 0 Å². The van der Waals surface area contributed by atoms with Crippen molar-refractivity contribution in [2.45, 2.75) is 17.2 Å². The second kappa shape index (κ2) is 4.98. The predicted molar refractivity (Wildman–Crippen MR) is 81.8 cm³/mol. The van der Waals surface area contributed by atoms with E-state index >= 15 is 0 Å². The van der Waals surface area contributed by atoms with Gasteiger partial charge >= 0.3 is 0 Å². The quantitative estimate of drug-likeness (QED) is 0.835. The number of hydrogen-bond donors (Lipinski definition) is 0. The third-order valence-electron chi connectivity index (χ3n) is 3.88. The van der Waals surface area contributed by atoms with Crippen molar-refractivity contribution in [3.63, 3.8) is 0 Å². The number of carbonyl (C=O) groups excluding carboxylic acids is 1. The van der Waals surface area contributed by atoms with Gasteiger partial charge in [0.05, 0.1) is 12.5 Å². The van der Waals surface area contributed by atoms with Crippen molar-refractivity contribution in [2.75, 3.05) is 12.9 Å². The van der Waals surface area contributed by atoms with E-state index in [0.29, 0.717) is 0 Å². The lowest BCUT2D eigenvalue weighted by Gasteiger charge is -2.33. The molecule has 1 aliphatic heterocycles. The van der Waals surface area contributed by atoms with Gasteiger partial charge in [-0.3, -0.25) is 4.79 Å². The molecular weight excluding hydrogens is 268 g/mol. The number of fused-ring (bicyclic) bond motifs is 1. The van der Waals surface area contributed by atoms with E-state index in [0.717, 1.165) is 27.5 Å². The Morgan fingerprint density at radius 2 is 1.80 bits per heavy atom. The van der Waals surface area contributed by atoms with Crippen molar-refractivity contribution in [2.24, 2.45) is 0 Å². The molecule has 0 aliphatic carbocycles. The second-order valence-electron chi connectivity index (χ2n) is 5.17. The van der Waals surface area contributed by atoms with E-state index in [9.17, 15) is 4.79 Å². The van der Waals surface area contributed by atoms with Crippen LogP contribution in [0.1, 0.15) is 22.8 Å². The minimum Gasteiger partial charge on any atom is -0.497 e. The van der Waals surface area contributed by atoms with Gasteiger partial charge in [0.2, 0.25) is 0 Å². The van der Waals surface area contributed by atoms with E-state index in [-0.39, 0.29) is 5.78 Å².